The molecule has 0 spiro atoms. The third-order valence-electron chi connectivity index (χ3n) is 3.23. The highest BCUT2D eigenvalue weighted by Crippen LogP contribution is 2.31. The van der Waals surface area contributed by atoms with Crippen LogP contribution in [0.5, 0.6) is 5.75 Å². The molecular formula is C17H17NO3. The molecule has 0 radical (unpaired) electrons. The van der Waals surface area contributed by atoms with Crippen LogP contribution in [0.2, 0.25) is 0 Å². The van der Waals surface area contributed by atoms with Crippen molar-refractivity contribution in [3.63, 3.8) is 0 Å². The quantitative estimate of drug-likeness (QED) is 0.669. The number of aromatic hydroxyl groups is 1. The van der Waals surface area contributed by atoms with Gasteiger partial charge in [-0.05, 0) is 45.0 Å². The van der Waals surface area contributed by atoms with E-state index < -0.39 is 11.7 Å². The van der Waals surface area contributed by atoms with Crippen LogP contribution in [0.1, 0.15) is 20.8 Å². The molecule has 0 aliphatic rings. The summed E-state index contributed by atoms with van der Waals surface area (Å²) in [6, 6.07) is 12.6. The molecular weight excluding hydrogens is 266 g/mol. The Morgan fingerprint density at radius 2 is 1.71 bits per heavy atom. The second kappa shape index (κ2) is 4.52. The smallest absolute Gasteiger partial charge is 0.419 e. The SMILES string of the molecule is CC(C)(C)OC(=O)n1c2ccccc2c2cc(O)ccc21. The number of phenols is 1. The molecule has 3 aromatic rings. The highest BCUT2D eigenvalue weighted by molar-refractivity contribution is 6.12. The Labute approximate surface area is 122 Å². The van der Waals surface area contributed by atoms with Gasteiger partial charge in [-0.15, -0.1) is 0 Å². The van der Waals surface area contributed by atoms with Gasteiger partial charge in [0.15, 0.2) is 0 Å². The van der Waals surface area contributed by atoms with E-state index in [0.717, 1.165) is 21.8 Å². The Kier molecular flexibility index (Phi) is 2.90. The molecule has 0 unspecified atom stereocenters. The molecule has 21 heavy (non-hydrogen) atoms. The molecule has 3 rings (SSSR count). The second-order valence-electron chi connectivity index (χ2n) is 6.03. The van der Waals surface area contributed by atoms with Gasteiger partial charge in [0, 0.05) is 10.8 Å². The Bertz CT molecular complexity index is 840. The van der Waals surface area contributed by atoms with E-state index in [9.17, 15) is 9.90 Å². The summed E-state index contributed by atoms with van der Waals surface area (Å²) in [5.74, 6) is 0.176. The summed E-state index contributed by atoms with van der Waals surface area (Å²) in [7, 11) is 0. The number of hydrogen-bond donors (Lipinski definition) is 1. The molecule has 0 amide bonds. The van der Waals surface area contributed by atoms with E-state index in [-0.39, 0.29) is 5.75 Å². The fraction of sp³-hybridized carbons (Fsp3) is 0.235. The van der Waals surface area contributed by atoms with Gasteiger partial charge in [-0.25, -0.2) is 9.36 Å². The number of benzene rings is 2. The van der Waals surface area contributed by atoms with E-state index in [2.05, 4.69) is 0 Å². The van der Waals surface area contributed by atoms with E-state index in [1.165, 1.54) is 0 Å². The van der Waals surface area contributed by atoms with E-state index >= 15 is 0 Å². The van der Waals surface area contributed by atoms with Crippen molar-refractivity contribution in [1.29, 1.82) is 0 Å². The van der Waals surface area contributed by atoms with Crippen LogP contribution in [-0.4, -0.2) is 21.4 Å². The van der Waals surface area contributed by atoms with Gasteiger partial charge >= 0.3 is 6.09 Å². The summed E-state index contributed by atoms with van der Waals surface area (Å²) in [5.41, 5.74) is 0.932. The summed E-state index contributed by atoms with van der Waals surface area (Å²) in [5, 5.41) is 11.4. The van der Waals surface area contributed by atoms with Crippen LogP contribution in [0.3, 0.4) is 0 Å². The monoisotopic (exact) mass is 283 g/mol. The molecule has 0 fully saturated rings. The lowest BCUT2D eigenvalue weighted by Crippen LogP contribution is -2.27. The molecule has 0 aliphatic heterocycles. The number of ether oxygens (including phenoxy) is 1. The largest absolute Gasteiger partial charge is 0.508 e. The Morgan fingerprint density at radius 1 is 1.05 bits per heavy atom. The number of aromatic nitrogens is 1. The zero-order chi connectivity index (χ0) is 15.2. The molecule has 4 nitrogen and oxygen atoms in total. The average molecular weight is 283 g/mol. The van der Waals surface area contributed by atoms with Crippen LogP contribution in [0.4, 0.5) is 4.79 Å². The number of carbonyl (C=O) groups is 1. The first-order valence-electron chi connectivity index (χ1n) is 6.82. The fourth-order valence-electron chi connectivity index (χ4n) is 2.47. The van der Waals surface area contributed by atoms with E-state index in [0.29, 0.717) is 0 Å². The van der Waals surface area contributed by atoms with Gasteiger partial charge in [-0.2, -0.15) is 0 Å². The molecule has 108 valence electrons. The maximum Gasteiger partial charge on any atom is 0.419 e. The maximum atomic E-state index is 12.5. The maximum absolute atomic E-state index is 12.5. The van der Waals surface area contributed by atoms with Crippen molar-refractivity contribution >= 4 is 27.9 Å². The molecule has 0 aliphatic carbocycles. The predicted octanol–water partition coefficient (Wildman–Crippen LogP) is 4.28. The van der Waals surface area contributed by atoms with Crippen molar-refractivity contribution in [1.82, 2.24) is 4.57 Å². The average Bonchev–Trinajstić information content (AvgIpc) is 2.71. The van der Waals surface area contributed by atoms with Crippen molar-refractivity contribution in [2.75, 3.05) is 0 Å². The topological polar surface area (TPSA) is 51.5 Å². The van der Waals surface area contributed by atoms with E-state index in [1.807, 2.05) is 45.0 Å². The summed E-state index contributed by atoms with van der Waals surface area (Å²) in [6.07, 6.45) is -0.417. The predicted molar refractivity (Wildman–Crippen MR) is 82.7 cm³/mol. The lowest BCUT2D eigenvalue weighted by atomic mass is 10.1. The fourth-order valence-corrected chi connectivity index (χ4v) is 2.47. The van der Waals surface area contributed by atoms with Crippen LogP contribution in [-0.2, 0) is 4.74 Å². The van der Waals surface area contributed by atoms with Crippen LogP contribution in [0.25, 0.3) is 21.8 Å². The molecule has 2 aromatic carbocycles. The van der Waals surface area contributed by atoms with Gasteiger partial charge in [0.05, 0.1) is 11.0 Å². The molecule has 0 atom stereocenters. The third-order valence-corrected chi connectivity index (χ3v) is 3.23. The van der Waals surface area contributed by atoms with Crippen molar-refractivity contribution in [2.45, 2.75) is 26.4 Å². The molecule has 1 heterocycles. The minimum atomic E-state index is -0.564. The summed E-state index contributed by atoms with van der Waals surface area (Å²) >= 11 is 0. The molecule has 1 N–H and O–H groups in total. The molecule has 0 saturated carbocycles. The van der Waals surface area contributed by atoms with Crippen LogP contribution in [0, 0.1) is 0 Å². The Hall–Kier alpha value is -2.49. The highest BCUT2D eigenvalue weighted by Gasteiger charge is 2.22. The first-order chi connectivity index (χ1) is 9.87. The van der Waals surface area contributed by atoms with Gasteiger partial charge in [0.1, 0.15) is 11.4 Å². The zero-order valence-corrected chi connectivity index (χ0v) is 12.3. The van der Waals surface area contributed by atoms with E-state index in [4.69, 9.17) is 4.74 Å². The van der Waals surface area contributed by atoms with Crippen LogP contribution < -0.4 is 0 Å². The minimum absolute atomic E-state index is 0.176. The van der Waals surface area contributed by atoms with Gasteiger partial charge in [-0.3, -0.25) is 0 Å². The third kappa shape index (κ3) is 2.33. The van der Waals surface area contributed by atoms with Crippen molar-refractivity contribution < 1.29 is 14.6 Å². The Morgan fingerprint density at radius 3 is 2.43 bits per heavy atom. The zero-order valence-electron chi connectivity index (χ0n) is 12.3. The molecule has 0 bridgehead atoms. The van der Waals surface area contributed by atoms with Gasteiger partial charge in [0.25, 0.3) is 0 Å². The number of rotatable bonds is 0. The molecule has 4 heteroatoms. The molecule has 1 aromatic heterocycles. The summed E-state index contributed by atoms with van der Waals surface area (Å²) in [6.45, 7) is 5.51. The standard InChI is InChI=1S/C17H17NO3/c1-17(2,3)21-16(20)18-14-7-5-4-6-12(14)13-10-11(19)8-9-15(13)18/h4-10,19H,1-3H3. The first-order valence-corrected chi connectivity index (χ1v) is 6.82. The van der Waals surface area contributed by atoms with Gasteiger partial charge < -0.3 is 9.84 Å². The number of para-hydroxylation sites is 1. The number of nitrogens with zero attached hydrogens (tertiary/aromatic N) is 1. The van der Waals surface area contributed by atoms with Gasteiger partial charge in [-0.1, -0.05) is 18.2 Å². The number of hydrogen-bond acceptors (Lipinski definition) is 3. The van der Waals surface area contributed by atoms with Gasteiger partial charge in [0.2, 0.25) is 0 Å². The van der Waals surface area contributed by atoms with E-state index in [1.54, 1.807) is 22.8 Å². The number of fused-ring (bicyclic) bond motifs is 3. The lowest BCUT2D eigenvalue weighted by molar-refractivity contribution is 0.0551. The lowest BCUT2D eigenvalue weighted by Gasteiger charge is -2.20. The van der Waals surface area contributed by atoms with Crippen molar-refractivity contribution in [3.8, 4) is 5.75 Å². The van der Waals surface area contributed by atoms with Crippen molar-refractivity contribution in [2.24, 2.45) is 0 Å². The first kappa shape index (κ1) is 13.5. The summed E-state index contributed by atoms with van der Waals surface area (Å²) < 4.78 is 7.04. The minimum Gasteiger partial charge on any atom is -0.508 e. The number of carbonyl (C=O) groups excluding carboxylic acids is 1. The highest BCUT2D eigenvalue weighted by atomic mass is 16.6. The van der Waals surface area contributed by atoms with Crippen LogP contribution >= 0.6 is 0 Å². The number of phenolic OH excluding ortho intramolecular Hbond substituents is 1. The normalized spacial score (nSPS) is 12.0. The second-order valence-corrected chi connectivity index (χ2v) is 6.03. The van der Waals surface area contributed by atoms with Crippen LogP contribution in [0.15, 0.2) is 42.5 Å². The Balaban J connectivity index is 2.31. The molecule has 0 saturated heterocycles. The van der Waals surface area contributed by atoms with Crippen molar-refractivity contribution in [3.05, 3.63) is 42.5 Å². The summed E-state index contributed by atoms with van der Waals surface area (Å²) in [4.78, 5) is 12.5.